The molecule has 3 N–H and O–H groups in total. The van der Waals surface area contributed by atoms with E-state index >= 15 is 0 Å². The van der Waals surface area contributed by atoms with E-state index in [0.717, 1.165) is 16.7 Å². The summed E-state index contributed by atoms with van der Waals surface area (Å²) in [5, 5.41) is 12.4. The molecule has 3 nitrogen and oxygen atoms in total. The minimum atomic E-state index is 0.452. The molecule has 1 aromatic rings. The van der Waals surface area contributed by atoms with Gasteiger partial charge in [-0.25, -0.2) is 0 Å². The maximum absolute atomic E-state index is 8.85. The first-order valence-corrected chi connectivity index (χ1v) is 7.20. The van der Waals surface area contributed by atoms with E-state index in [4.69, 9.17) is 11.0 Å². The maximum atomic E-state index is 8.85. The van der Waals surface area contributed by atoms with Crippen molar-refractivity contribution in [1.82, 2.24) is 0 Å². The normalized spacial score (nSPS) is 23.4. The van der Waals surface area contributed by atoms with E-state index in [0.29, 0.717) is 17.5 Å². The molecule has 2 unspecified atom stereocenters. The van der Waals surface area contributed by atoms with Crippen molar-refractivity contribution in [1.29, 1.82) is 5.26 Å². The van der Waals surface area contributed by atoms with Gasteiger partial charge in [0.2, 0.25) is 0 Å². The lowest BCUT2D eigenvalue weighted by Crippen LogP contribution is -2.36. The Kier molecular flexibility index (Phi) is 4.62. The summed E-state index contributed by atoms with van der Waals surface area (Å²) in [6.07, 6.45) is 4.94. The summed E-state index contributed by atoms with van der Waals surface area (Å²) in [7, 11) is 0. The van der Waals surface area contributed by atoms with Crippen molar-refractivity contribution < 1.29 is 0 Å². The molecule has 0 spiro atoms. The number of benzene rings is 1. The molecular weight excluding hydrogens is 290 g/mol. The standard InChI is InChI=1S/C14H18BrN3/c15-12-7-10(8-16)5-6-14(12)18-13-4-2-1-3-11(13)9-17/h5-7,11,13,18H,1-4,9,17H2. The molecule has 2 atom stereocenters. The third-order valence-corrected chi connectivity index (χ3v) is 4.31. The highest BCUT2D eigenvalue weighted by Crippen LogP contribution is 2.30. The van der Waals surface area contributed by atoms with Crippen LogP contribution >= 0.6 is 15.9 Å². The first kappa shape index (κ1) is 13.4. The van der Waals surface area contributed by atoms with Gasteiger partial charge in [-0.05, 0) is 59.4 Å². The van der Waals surface area contributed by atoms with Gasteiger partial charge in [0.25, 0.3) is 0 Å². The van der Waals surface area contributed by atoms with Gasteiger partial charge in [-0.3, -0.25) is 0 Å². The number of anilines is 1. The molecule has 0 aromatic heterocycles. The Hall–Kier alpha value is -1.05. The molecule has 1 aliphatic rings. The Bertz CT molecular complexity index is 453. The van der Waals surface area contributed by atoms with Crippen molar-refractivity contribution in [2.75, 3.05) is 11.9 Å². The predicted molar refractivity (Wildman–Crippen MR) is 77.3 cm³/mol. The van der Waals surface area contributed by atoms with Gasteiger partial charge < -0.3 is 11.1 Å². The molecule has 0 aliphatic heterocycles. The smallest absolute Gasteiger partial charge is 0.0992 e. The lowest BCUT2D eigenvalue weighted by atomic mass is 9.84. The molecule has 1 fully saturated rings. The van der Waals surface area contributed by atoms with Gasteiger partial charge in [0.1, 0.15) is 0 Å². The monoisotopic (exact) mass is 307 g/mol. The quantitative estimate of drug-likeness (QED) is 0.901. The van der Waals surface area contributed by atoms with Crippen molar-refractivity contribution >= 4 is 21.6 Å². The lowest BCUT2D eigenvalue weighted by Gasteiger charge is -2.32. The zero-order valence-electron chi connectivity index (χ0n) is 10.3. The van der Waals surface area contributed by atoms with Crippen LogP contribution in [0.3, 0.4) is 0 Å². The molecule has 1 saturated carbocycles. The van der Waals surface area contributed by atoms with Crippen LogP contribution in [0.4, 0.5) is 5.69 Å². The second kappa shape index (κ2) is 6.21. The van der Waals surface area contributed by atoms with Gasteiger partial charge in [0.15, 0.2) is 0 Å². The molecule has 0 radical (unpaired) electrons. The molecule has 1 aliphatic carbocycles. The fourth-order valence-corrected chi connectivity index (χ4v) is 3.07. The van der Waals surface area contributed by atoms with Crippen molar-refractivity contribution in [2.24, 2.45) is 11.7 Å². The van der Waals surface area contributed by atoms with Gasteiger partial charge in [-0.1, -0.05) is 12.8 Å². The maximum Gasteiger partial charge on any atom is 0.0992 e. The first-order valence-electron chi connectivity index (χ1n) is 6.41. The number of halogens is 1. The summed E-state index contributed by atoms with van der Waals surface area (Å²) in [5.74, 6) is 0.557. The van der Waals surface area contributed by atoms with Crippen LogP contribution < -0.4 is 11.1 Å². The molecule has 96 valence electrons. The van der Waals surface area contributed by atoms with Crippen LogP contribution in [0.15, 0.2) is 22.7 Å². The second-order valence-electron chi connectivity index (χ2n) is 4.84. The van der Waals surface area contributed by atoms with Gasteiger partial charge in [0.05, 0.1) is 11.6 Å². The summed E-state index contributed by atoms with van der Waals surface area (Å²) < 4.78 is 0.947. The molecule has 2 rings (SSSR count). The fraction of sp³-hybridized carbons (Fsp3) is 0.500. The topological polar surface area (TPSA) is 61.8 Å². The van der Waals surface area contributed by atoms with Gasteiger partial charge in [-0.2, -0.15) is 5.26 Å². The number of nitrogens with zero attached hydrogens (tertiary/aromatic N) is 1. The van der Waals surface area contributed by atoms with Crippen LogP contribution in [0.5, 0.6) is 0 Å². The second-order valence-corrected chi connectivity index (χ2v) is 5.69. The van der Waals surface area contributed by atoms with E-state index in [9.17, 15) is 0 Å². The molecule has 18 heavy (non-hydrogen) atoms. The number of hydrogen-bond acceptors (Lipinski definition) is 3. The number of nitrogens with two attached hydrogens (primary N) is 1. The van der Waals surface area contributed by atoms with Gasteiger partial charge in [-0.15, -0.1) is 0 Å². The largest absolute Gasteiger partial charge is 0.381 e. The van der Waals surface area contributed by atoms with E-state index in [-0.39, 0.29) is 0 Å². The van der Waals surface area contributed by atoms with E-state index in [2.05, 4.69) is 27.3 Å². The lowest BCUT2D eigenvalue weighted by molar-refractivity contribution is 0.332. The van der Waals surface area contributed by atoms with Gasteiger partial charge in [0, 0.05) is 16.2 Å². The summed E-state index contributed by atoms with van der Waals surface area (Å²) in [6.45, 7) is 0.742. The van der Waals surface area contributed by atoms with E-state index < -0.39 is 0 Å². The summed E-state index contributed by atoms with van der Waals surface area (Å²) in [4.78, 5) is 0. The summed E-state index contributed by atoms with van der Waals surface area (Å²) in [6, 6.07) is 8.25. The van der Waals surface area contributed by atoms with Crippen LogP contribution in [0, 0.1) is 17.2 Å². The fourth-order valence-electron chi connectivity index (χ4n) is 2.58. The Labute approximate surface area is 116 Å². The van der Waals surface area contributed by atoms with Crippen LogP contribution in [-0.4, -0.2) is 12.6 Å². The Balaban J connectivity index is 2.10. The van der Waals surface area contributed by atoms with Crippen LogP contribution in [0.25, 0.3) is 0 Å². The van der Waals surface area contributed by atoms with E-state index in [1.165, 1.54) is 25.7 Å². The van der Waals surface area contributed by atoms with E-state index in [1.807, 2.05) is 18.2 Å². The zero-order valence-corrected chi connectivity index (χ0v) is 11.9. The molecule has 4 heteroatoms. The molecule has 0 bridgehead atoms. The highest BCUT2D eigenvalue weighted by atomic mass is 79.9. The zero-order chi connectivity index (χ0) is 13.0. The average molecular weight is 308 g/mol. The van der Waals surface area contributed by atoms with Crippen molar-refractivity contribution in [3.8, 4) is 6.07 Å². The highest BCUT2D eigenvalue weighted by molar-refractivity contribution is 9.10. The SMILES string of the molecule is N#Cc1ccc(NC2CCCCC2CN)c(Br)c1. The number of nitriles is 1. The predicted octanol–water partition coefficient (Wildman–Crippen LogP) is 3.25. The highest BCUT2D eigenvalue weighted by Gasteiger charge is 2.24. The Morgan fingerprint density at radius 3 is 2.83 bits per heavy atom. The molecular formula is C14H18BrN3. The first-order chi connectivity index (χ1) is 8.74. The minimum absolute atomic E-state index is 0.452. The number of hydrogen-bond donors (Lipinski definition) is 2. The van der Waals surface area contributed by atoms with Crippen LogP contribution in [0.2, 0.25) is 0 Å². The summed E-state index contributed by atoms with van der Waals surface area (Å²) >= 11 is 3.51. The van der Waals surface area contributed by atoms with Crippen molar-refractivity contribution in [3.63, 3.8) is 0 Å². The van der Waals surface area contributed by atoms with Crippen LogP contribution in [-0.2, 0) is 0 Å². The molecule has 0 saturated heterocycles. The van der Waals surface area contributed by atoms with Crippen molar-refractivity contribution in [3.05, 3.63) is 28.2 Å². The Morgan fingerprint density at radius 2 is 2.17 bits per heavy atom. The van der Waals surface area contributed by atoms with Crippen molar-refractivity contribution in [2.45, 2.75) is 31.7 Å². The average Bonchev–Trinajstić information content (AvgIpc) is 2.41. The minimum Gasteiger partial charge on any atom is -0.381 e. The molecule has 1 aromatic carbocycles. The number of rotatable bonds is 3. The van der Waals surface area contributed by atoms with E-state index in [1.54, 1.807) is 0 Å². The molecule has 0 amide bonds. The summed E-state index contributed by atoms with van der Waals surface area (Å²) in [5.41, 5.74) is 7.56. The third-order valence-electron chi connectivity index (χ3n) is 3.65. The number of nitrogens with one attached hydrogen (secondary N) is 1. The van der Waals surface area contributed by atoms with Crippen LogP contribution in [0.1, 0.15) is 31.2 Å². The third kappa shape index (κ3) is 3.04. The van der Waals surface area contributed by atoms with Gasteiger partial charge >= 0.3 is 0 Å². The Morgan fingerprint density at radius 1 is 1.39 bits per heavy atom. The molecule has 0 heterocycles.